The van der Waals surface area contributed by atoms with Crippen LogP contribution >= 0.6 is 0 Å². The van der Waals surface area contributed by atoms with E-state index in [1.807, 2.05) is 32.0 Å². The molecule has 0 aliphatic heterocycles. The van der Waals surface area contributed by atoms with E-state index in [4.69, 9.17) is 4.98 Å². The normalized spacial score (nSPS) is 10.8. The summed E-state index contributed by atoms with van der Waals surface area (Å²) >= 11 is 0. The molecule has 0 aliphatic rings. The molecule has 3 heteroatoms. The molecule has 0 N–H and O–H groups in total. The molecule has 3 nitrogen and oxygen atoms in total. The molecule has 2 aromatic carbocycles. The van der Waals surface area contributed by atoms with Crippen LogP contribution in [0.4, 0.5) is 0 Å². The maximum absolute atomic E-state index is 9.32. The average Bonchev–Trinajstić information content (AvgIpc) is 2.87. The lowest BCUT2D eigenvalue weighted by Gasteiger charge is -2.09. The average molecular weight is 275 g/mol. The molecule has 0 amide bonds. The van der Waals surface area contributed by atoms with Crippen LogP contribution in [0.3, 0.4) is 0 Å². The van der Waals surface area contributed by atoms with Gasteiger partial charge in [0.25, 0.3) is 0 Å². The fraction of sp³-hybridized carbons (Fsp3) is 0.222. The second kappa shape index (κ2) is 5.06. The van der Waals surface area contributed by atoms with E-state index < -0.39 is 0 Å². The maximum Gasteiger partial charge on any atom is 0.114 e. The number of rotatable bonds is 2. The largest absolute Gasteiger partial charge is 0.296 e. The number of para-hydroxylation sites is 1. The number of nitriles is 1. The summed E-state index contributed by atoms with van der Waals surface area (Å²) in [6, 6.07) is 14.6. The van der Waals surface area contributed by atoms with E-state index in [-0.39, 0.29) is 0 Å². The second-order valence-electron chi connectivity index (χ2n) is 5.23. The van der Waals surface area contributed by atoms with Gasteiger partial charge in [-0.15, -0.1) is 0 Å². The fourth-order valence-corrected chi connectivity index (χ4v) is 2.86. The molecule has 104 valence electrons. The highest BCUT2D eigenvalue weighted by atomic mass is 15.1. The van der Waals surface area contributed by atoms with Gasteiger partial charge in [-0.1, -0.05) is 25.1 Å². The number of aromatic nitrogens is 2. The summed E-state index contributed by atoms with van der Waals surface area (Å²) in [5, 5.41) is 9.32. The fourth-order valence-electron chi connectivity index (χ4n) is 2.86. The van der Waals surface area contributed by atoms with Crippen LogP contribution < -0.4 is 0 Å². The molecule has 0 unspecified atom stereocenters. The van der Waals surface area contributed by atoms with E-state index in [0.717, 1.165) is 45.7 Å². The van der Waals surface area contributed by atoms with Crippen molar-refractivity contribution >= 4 is 11.0 Å². The van der Waals surface area contributed by atoms with E-state index in [1.165, 1.54) is 0 Å². The van der Waals surface area contributed by atoms with Gasteiger partial charge in [0.05, 0.1) is 22.7 Å². The summed E-state index contributed by atoms with van der Waals surface area (Å²) in [6.07, 6.45) is 0.851. The van der Waals surface area contributed by atoms with Crippen molar-refractivity contribution in [2.45, 2.75) is 27.2 Å². The topological polar surface area (TPSA) is 41.6 Å². The van der Waals surface area contributed by atoms with E-state index in [9.17, 15) is 5.26 Å². The standard InChI is InChI=1S/C18H17N3/c1-4-17-20-18-13(3)15(11-19)12(2)10-16(18)21(17)14-8-6-5-7-9-14/h5-10H,4H2,1-3H3. The third-order valence-electron chi connectivity index (χ3n) is 3.90. The van der Waals surface area contributed by atoms with Gasteiger partial charge in [0.1, 0.15) is 5.82 Å². The van der Waals surface area contributed by atoms with Crippen molar-refractivity contribution in [2.75, 3.05) is 0 Å². The quantitative estimate of drug-likeness (QED) is 0.707. The molecular weight excluding hydrogens is 258 g/mol. The van der Waals surface area contributed by atoms with Crippen molar-refractivity contribution in [1.82, 2.24) is 9.55 Å². The lowest BCUT2D eigenvalue weighted by atomic mass is 10.0. The Morgan fingerprint density at radius 1 is 1.19 bits per heavy atom. The molecule has 0 saturated carbocycles. The van der Waals surface area contributed by atoms with E-state index in [2.05, 4.69) is 35.8 Å². The summed E-state index contributed by atoms with van der Waals surface area (Å²) in [5.41, 5.74) is 5.83. The Kier molecular flexibility index (Phi) is 3.23. The Balaban J connectivity index is 2.43. The smallest absolute Gasteiger partial charge is 0.114 e. The van der Waals surface area contributed by atoms with Gasteiger partial charge in [0.15, 0.2) is 0 Å². The first-order valence-electron chi connectivity index (χ1n) is 7.14. The van der Waals surface area contributed by atoms with Gasteiger partial charge in [-0.25, -0.2) is 4.98 Å². The highest BCUT2D eigenvalue weighted by Gasteiger charge is 2.16. The zero-order chi connectivity index (χ0) is 15.0. The molecule has 3 aromatic rings. The molecule has 0 radical (unpaired) electrons. The Labute approximate surface area is 124 Å². The van der Waals surface area contributed by atoms with Crippen LogP contribution in [-0.2, 0) is 6.42 Å². The zero-order valence-electron chi connectivity index (χ0n) is 12.5. The predicted octanol–water partition coefficient (Wildman–Crippen LogP) is 4.08. The predicted molar refractivity (Wildman–Crippen MR) is 84.6 cm³/mol. The minimum absolute atomic E-state index is 0.739. The van der Waals surface area contributed by atoms with E-state index >= 15 is 0 Å². The van der Waals surface area contributed by atoms with Gasteiger partial charge >= 0.3 is 0 Å². The maximum atomic E-state index is 9.32. The number of aryl methyl sites for hydroxylation is 3. The molecule has 3 rings (SSSR count). The molecule has 1 aromatic heterocycles. The number of hydrogen-bond acceptors (Lipinski definition) is 2. The van der Waals surface area contributed by atoms with Gasteiger partial charge in [-0.3, -0.25) is 4.57 Å². The molecule has 0 bridgehead atoms. The van der Waals surface area contributed by atoms with E-state index in [0.29, 0.717) is 0 Å². The van der Waals surface area contributed by atoms with Crippen LogP contribution in [0.5, 0.6) is 0 Å². The molecule has 0 spiro atoms. The first-order valence-corrected chi connectivity index (χ1v) is 7.14. The molecule has 0 aliphatic carbocycles. The zero-order valence-corrected chi connectivity index (χ0v) is 12.5. The van der Waals surface area contributed by atoms with Gasteiger partial charge in [-0.2, -0.15) is 5.26 Å². The Morgan fingerprint density at radius 2 is 1.90 bits per heavy atom. The number of imidazole rings is 1. The van der Waals surface area contributed by atoms with Gasteiger partial charge in [0, 0.05) is 12.1 Å². The van der Waals surface area contributed by atoms with Gasteiger partial charge in [-0.05, 0) is 43.2 Å². The van der Waals surface area contributed by atoms with Crippen LogP contribution in [0.15, 0.2) is 36.4 Å². The number of hydrogen-bond donors (Lipinski definition) is 0. The summed E-state index contributed by atoms with van der Waals surface area (Å²) < 4.78 is 2.19. The Morgan fingerprint density at radius 3 is 2.52 bits per heavy atom. The number of nitrogens with zero attached hydrogens (tertiary/aromatic N) is 3. The summed E-state index contributed by atoms with van der Waals surface area (Å²) in [4.78, 5) is 4.77. The summed E-state index contributed by atoms with van der Waals surface area (Å²) in [6.45, 7) is 6.07. The van der Waals surface area contributed by atoms with Gasteiger partial charge < -0.3 is 0 Å². The molecule has 0 atom stereocenters. The number of fused-ring (bicyclic) bond motifs is 1. The third-order valence-corrected chi connectivity index (χ3v) is 3.90. The van der Waals surface area contributed by atoms with Crippen LogP contribution in [-0.4, -0.2) is 9.55 Å². The van der Waals surface area contributed by atoms with Crippen LogP contribution in [0.1, 0.15) is 29.4 Å². The SMILES string of the molecule is CCc1nc2c(C)c(C#N)c(C)cc2n1-c1ccccc1. The second-order valence-corrected chi connectivity index (χ2v) is 5.23. The van der Waals surface area contributed by atoms with Crippen molar-refractivity contribution in [3.05, 3.63) is 58.9 Å². The van der Waals surface area contributed by atoms with Crippen molar-refractivity contribution in [3.8, 4) is 11.8 Å². The molecular formula is C18H17N3. The highest BCUT2D eigenvalue weighted by molar-refractivity contribution is 5.84. The van der Waals surface area contributed by atoms with Crippen molar-refractivity contribution in [3.63, 3.8) is 0 Å². The Hall–Kier alpha value is -2.60. The van der Waals surface area contributed by atoms with Crippen LogP contribution in [0.2, 0.25) is 0 Å². The number of benzene rings is 2. The van der Waals surface area contributed by atoms with Crippen LogP contribution in [0.25, 0.3) is 16.7 Å². The molecule has 0 fully saturated rings. The molecule has 1 heterocycles. The first-order chi connectivity index (χ1) is 10.2. The van der Waals surface area contributed by atoms with Crippen LogP contribution in [0, 0.1) is 25.2 Å². The molecule has 21 heavy (non-hydrogen) atoms. The first kappa shape index (κ1) is 13.4. The van der Waals surface area contributed by atoms with Crippen molar-refractivity contribution in [2.24, 2.45) is 0 Å². The lowest BCUT2D eigenvalue weighted by molar-refractivity contribution is 0.908. The van der Waals surface area contributed by atoms with Crippen molar-refractivity contribution < 1.29 is 0 Å². The third kappa shape index (κ3) is 2.00. The van der Waals surface area contributed by atoms with Crippen molar-refractivity contribution in [1.29, 1.82) is 5.26 Å². The monoisotopic (exact) mass is 275 g/mol. The Bertz CT molecular complexity index is 852. The summed E-state index contributed by atoms with van der Waals surface area (Å²) in [7, 11) is 0. The van der Waals surface area contributed by atoms with E-state index in [1.54, 1.807) is 0 Å². The summed E-state index contributed by atoms with van der Waals surface area (Å²) in [5.74, 6) is 1.02. The lowest BCUT2D eigenvalue weighted by Crippen LogP contribution is -2.00. The highest BCUT2D eigenvalue weighted by Crippen LogP contribution is 2.28. The molecule has 0 saturated heterocycles. The minimum Gasteiger partial charge on any atom is -0.296 e. The van der Waals surface area contributed by atoms with Gasteiger partial charge in [0.2, 0.25) is 0 Å². The minimum atomic E-state index is 0.739.